The fourth-order valence-electron chi connectivity index (χ4n) is 6.03. The number of fused-ring (bicyclic) bond motifs is 7. The van der Waals surface area contributed by atoms with Crippen molar-refractivity contribution in [1.82, 2.24) is 5.32 Å². The molecule has 0 radical (unpaired) electrons. The molecule has 2 fully saturated rings. The van der Waals surface area contributed by atoms with Crippen molar-refractivity contribution < 1.29 is 4.79 Å². The molecule has 0 aromatic heterocycles. The van der Waals surface area contributed by atoms with Gasteiger partial charge in [0.2, 0.25) is 0 Å². The van der Waals surface area contributed by atoms with Crippen molar-refractivity contribution in [3.05, 3.63) is 65.2 Å². The summed E-state index contributed by atoms with van der Waals surface area (Å²) in [5.41, 5.74) is 4.54. The number of anilines is 1. The summed E-state index contributed by atoms with van der Waals surface area (Å²) in [6.45, 7) is 6.09. The van der Waals surface area contributed by atoms with Crippen LogP contribution in [0.4, 0.5) is 5.69 Å². The third-order valence-corrected chi connectivity index (χ3v) is 7.00. The Bertz CT molecular complexity index is 899. The predicted octanol–water partition coefficient (Wildman–Crippen LogP) is 5.51. The number of hydrogen-bond donors (Lipinski definition) is 2. The fourth-order valence-corrected chi connectivity index (χ4v) is 6.03. The van der Waals surface area contributed by atoms with Crippen LogP contribution in [0.1, 0.15) is 73.5 Å². The van der Waals surface area contributed by atoms with Crippen LogP contribution < -0.4 is 10.6 Å². The SMILES string of the molecule is CC(C)(C)NC(=O)c1ccc2c(c1)[C@@H]1[C@@H]3CC[C@@H](C3)[C@@H]1[C@H](c1ccccc1)N2. The lowest BCUT2D eigenvalue weighted by molar-refractivity contribution is 0.0919. The number of benzene rings is 2. The summed E-state index contributed by atoms with van der Waals surface area (Å²) < 4.78 is 0. The van der Waals surface area contributed by atoms with Gasteiger partial charge in [-0.25, -0.2) is 0 Å². The summed E-state index contributed by atoms with van der Waals surface area (Å²) >= 11 is 0. The van der Waals surface area contributed by atoms with E-state index in [1.165, 1.54) is 36.1 Å². The van der Waals surface area contributed by atoms with E-state index < -0.39 is 0 Å². The molecule has 28 heavy (non-hydrogen) atoms. The number of rotatable bonds is 2. The van der Waals surface area contributed by atoms with E-state index >= 15 is 0 Å². The molecular weight excluding hydrogens is 344 g/mol. The first-order valence-corrected chi connectivity index (χ1v) is 10.7. The summed E-state index contributed by atoms with van der Waals surface area (Å²) in [6, 6.07) is 17.6. The van der Waals surface area contributed by atoms with Gasteiger partial charge in [-0.2, -0.15) is 0 Å². The average Bonchev–Trinajstić information content (AvgIpc) is 3.29. The molecule has 1 aliphatic heterocycles. The van der Waals surface area contributed by atoms with E-state index in [0.717, 1.165) is 17.4 Å². The van der Waals surface area contributed by atoms with Gasteiger partial charge in [0.25, 0.3) is 5.91 Å². The molecule has 1 amide bonds. The molecule has 5 atom stereocenters. The van der Waals surface area contributed by atoms with E-state index in [9.17, 15) is 4.79 Å². The molecule has 3 nitrogen and oxygen atoms in total. The van der Waals surface area contributed by atoms with Crippen molar-refractivity contribution in [3.8, 4) is 0 Å². The first-order valence-electron chi connectivity index (χ1n) is 10.7. The molecule has 0 spiro atoms. The Hall–Kier alpha value is -2.29. The first kappa shape index (κ1) is 17.8. The standard InChI is InChI=1S/C25H30N2O/c1-25(2,3)27-24(28)18-11-12-20-19(14-18)21-16-9-10-17(13-16)22(21)23(26-20)15-7-5-4-6-8-15/h4-8,11-12,14,16-17,21-23,26H,9-10,13H2,1-3H3,(H,27,28)/t16-,17+,21+,22+,23+/m1/s1. The summed E-state index contributed by atoms with van der Waals surface area (Å²) in [4.78, 5) is 12.8. The molecule has 0 saturated heterocycles. The maximum absolute atomic E-state index is 12.8. The largest absolute Gasteiger partial charge is 0.378 e. The van der Waals surface area contributed by atoms with E-state index in [0.29, 0.717) is 17.9 Å². The van der Waals surface area contributed by atoms with Crippen molar-refractivity contribution in [1.29, 1.82) is 0 Å². The third-order valence-electron chi connectivity index (χ3n) is 7.00. The Labute approximate surface area is 167 Å². The molecule has 0 unspecified atom stereocenters. The molecule has 2 aromatic carbocycles. The number of amides is 1. The highest BCUT2D eigenvalue weighted by molar-refractivity contribution is 5.95. The second-order valence-electron chi connectivity index (χ2n) is 9.98. The second-order valence-corrected chi connectivity index (χ2v) is 9.98. The van der Waals surface area contributed by atoms with Crippen LogP contribution in [0.3, 0.4) is 0 Å². The summed E-state index contributed by atoms with van der Waals surface area (Å²) in [5.74, 6) is 2.80. The van der Waals surface area contributed by atoms with Crippen LogP contribution in [0, 0.1) is 17.8 Å². The monoisotopic (exact) mass is 374 g/mol. The lowest BCUT2D eigenvalue weighted by atomic mass is 9.68. The Morgan fingerprint density at radius 2 is 1.79 bits per heavy atom. The highest BCUT2D eigenvalue weighted by Crippen LogP contribution is 2.63. The minimum atomic E-state index is -0.224. The molecule has 2 N–H and O–H groups in total. The molecule has 2 bridgehead atoms. The second kappa shape index (κ2) is 6.37. The molecule has 2 aromatic rings. The van der Waals surface area contributed by atoms with Crippen molar-refractivity contribution >= 4 is 11.6 Å². The van der Waals surface area contributed by atoms with Gasteiger partial charge in [0.1, 0.15) is 0 Å². The van der Waals surface area contributed by atoms with Gasteiger partial charge in [0, 0.05) is 16.8 Å². The van der Waals surface area contributed by atoms with Gasteiger partial charge in [0.15, 0.2) is 0 Å². The maximum atomic E-state index is 12.8. The van der Waals surface area contributed by atoms with Gasteiger partial charge in [0.05, 0.1) is 6.04 Å². The van der Waals surface area contributed by atoms with Crippen LogP contribution in [0.2, 0.25) is 0 Å². The molecule has 3 heteroatoms. The number of carbonyl (C=O) groups excluding carboxylic acids is 1. The number of hydrogen-bond acceptors (Lipinski definition) is 2. The van der Waals surface area contributed by atoms with Crippen LogP contribution in [0.5, 0.6) is 0 Å². The third kappa shape index (κ3) is 2.92. The smallest absolute Gasteiger partial charge is 0.251 e. The van der Waals surface area contributed by atoms with Crippen LogP contribution >= 0.6 is 0 Å². The molecule has 5 rings (SSSR count). The average molecular weight is 375 g/mol. The van der Waals surface area contributed by atoms with E-state index in [-0.39, 0.29) is 11.4 Å². The Morgan fingerprint density at radius 1 is 1.04 bits per heavy atom. The predicted molar refractivity (Wildman–Crippen MR) is 114 cm³/mol. The van der Waals surface area contributed by atoms with E-state index in [1.54, 1.807) is 0 Å². The Morgan fingerprint density at radius 3 is 2.54 bits per heavy atom. The topological polar surface area (TPSA) is 41.1 Å². The zero-order chi connectivity index (χ0) is 19.5. The molecule has 3 aliphatic rings. The summed E-state index contributed by atoms with van der Waals surface area (Å²) in [7, 11) is 0. The number of nitrogens with one attached hydrogen (secondary N) is 2. The highest BCUT2D eigenvalue weighted by atomic mass is 16.1. The van der Waals surface area contributed by atoms with Crippen LogP contribution in [0.15, 0.2) is 48.5 Å². The minimum Gasteiger partial charge on any atom is -0.378 e. The van der Waals surface area contributed by atoms with E-state index in [2.05, 4.69) is 53.1 Å². The van der Waals surface area contributed by atoms with Crippen molar-refractivity contribution in [2.24, 2.45) is 17.8 Å². The Balaban J connectivity index is 1.54. The van der Waals surface area contributed by atoms with Crippen molar-refractivity contribution in [2.45, 2.75) is 57.5 Å². The minimum absolute atomic E-state index is 0.0280. The molecule has 1 heterocycles. The van der Waals surface area contributed by atoms with E-state index in [4.69, 9.17) is 0 Å². The van der Waals surface area contributed by atoms with Crippen molar-refractivity contribution in [3.63, 3.8) is 0 Å². The molecule has 146 valence electrons. The lowest BCUT2D eigenvalue weighted by Crippen LogP contribution is -2.41. The number of carbonyl (C=O) groups is 1. The maximum Gasteiger partial charge on any atom is 0.251 e. The van der Waals surface area contributed by atoms with Crippen LogP contribution in [0.25, 0.3) is 0 Å². The lowest BCUT2D eigenvalue weighted by Gasteiger charge is -2.43. The van der Waals surface area contributed by atoms with Gasteiger partial charge in [-0.05, 0) is 93.0 Å². The van der Waals surface area contributed by atoms with Crippen LogP contribution in [-0.2, 0) is 0 Å². The van der Waals surface area contributed by atoms with Crippen LogP contribution in [-0.4, -0.2) is 11.4 Å². The molecule has 2 aliphatic carbocycles. The van der Waals surface area contributed by atoms with Gasteiger partial charge in [-0.15, -0.1) is 0 Å². The highest BCUT2D eigenvalue weighted by Gasteiger charge is 2.53. The fraction of sp³-hybridized carbons (Fsp3) is 0.480. The summed E-state index contributed by atoms with van der Waals surface area (Å²) in [6.07, 6.45) is 4.04. The van der Waals surface area contributed by atoms with E-state index in [1.807, 2.05) is 26.8 Å². The zero-order valence-electron chi connectivity index (χ0n) is 17.0. The molecule has 2 saturated carbocycles. The Kier molecular flexibility index (Phi) is 4.04. The van der Waals surface area contributed by atoms with Gasteiger partial charge in [-0.1, -0.05) is 30.3 Å². The zero-order valence-corrected chi connectivity index (χ0v) is 17.0. The first-order chi connectivity index (χ1) is 13.4. The van der Waals surface area contributed by atoms with Gasteiger partial charge in [-0.3, -0.25) is 4.79 Å². The quantitative estimate of drug-likeness (QED) is 0.727. The van der Waals surface area contributed by atoms with Gasteiger partial charge < -0.3 is 10.6 Å². The normalized spacial score (nSPS) is 30.3. The summed E-state index contributed by atoms with van der Waals surface area (Å²) in [5, 5.41) is 6.96. The van der Waals surface area contributed by atoms with Gasteiger partial charge >= 0.3 is 0 Å². The van der Waals surface area contributed by atoms with Crippen molar-refractivity contribution in [2.75, 3.05) is 5.32 Å². The molecular formula is C25H30N2O.